The van der Waals surface area contributed by atoms with Gasteiger partial charge in [0.25, 0.3) is 0 Å². The number of hydrogen-bond acceptors (Lipinski definition) is 8. The van der Waals surface area contributed by atoms with Gasteiger partial charge in [-0.05, 0) is 36.8 Å². The molecule has 51 heavy (non-hydrogen) atoms. The summed E-state index contributed by atoms with van der Waals surface area (Å²) in [5.74, 6) is -0.804. The maximum Gasteiger partial charge on any atom is 0.416 e. The Morgan fingerprint density at radius 2 is 1.08 bits per heavy atom. The third-order valence-corrected chi connectivity index (χ3v) is 8.30. The average molecular weight is 724 g/mol. The fourth-order valence-corrected chi connectivity index (χ4v) is 5.44. The number of ether oxygens (including phenoxy) is 5. The van der Waals surface area contributed by atoms with Gasteiger partial charge in [-0.3, -0.25) is 4.79 Å². The zero-order valence-corrected chi connectivity index (χ0v) is 30.6. The predicted molar refractivity (Wildman–Crippen MR) is 194 cm³/mol. The van der Waals surface area contributed by atoms with Gasteiger partial charge in [0.15, 0.2) is 0 Å². The van der Waals surface area contributed by atoms with Crippen molar-refractivity contribution in [2.24, 2.45) is 0 Å². The number of carbonyl (C=O) groups excluding carboxylic acids is 2. The first-order valence-electron chi connectivity index (χ1n) is 18.9. The molecule has 1 N–H and O–H groups in total. The fourth-order valence-electron chi connectivity index (χ4n) is 5.44. The first-order valence-corrected chi connectivity index (χ1v) is 18.9. The van der Waals surface area contributed by atoms with Gasteiger partial charge in [-0.2, -0.15) is 13.2 Å². The Hall–Kier alpha value is -3.15. The molecular formula is C40H60F3NO7. The fraction of sp³-hybridized carbons (Fsp3) is 0.650. The molecule has 0 amide bonds. The maximum atomic E-state index is 13.0. The van der Waals surface area contributed by atoms with Crippen molar-refractivity contribution in [3.05, 3.63) is 59.7 Å². The van der Waals surface area contributed by atoms with Gasteiger partial charge >= 0.3 is 18.1 Å². The maximum absolute atomic E-state index is 13.0. The van der Waals surface area contributed by atoms with Gasteiger partial charge < -0.3 is 29.0 Å². The second-order valence-electron chi connectivity index (χ2n) is 12.6. The third kappa shape index (κ3) is 22.4. The van der Waals surface area contributed by atoms with Crippen molar-refractivity contribution in [3.63, 3.8) is 0 Å². The Labute approximate surface area is 303 Å². The van der Waals surface area contributed by atoms with E-state index in [1.165, 1.54) is 102 Å². The standard InChI is InChI=1S/C40H60F3NO7/c1-2-3-4-5-6-7-8-9-10-11-12-13-14-15-16-24-38(45)50-31-29-48-27-25-47-26-28-49-30-32-51-39(46)36-22-17-18-23-37(36)44-35-21-19-20-34(33-35)40(41,42)43/h17-23,33,44H,2-16,24-32H2,1H3. The van der Waals surface area contributed by atoms with Crippen LogP contribution >= 0.6 is 0 Å². The summed E-state index contributed by atoms with van der Waals surface area (Å²) < 4.78 is 66.0. The number of hydrogen-bond donors (Lipinski definition) is 1. The van der Waals surface area contributed by atoms with Gasteiger partial charge in [-0.15, -0.1) is 0 Å². The molecule has 0 fully saturated rings. The number of para-hydroxylation sites is 1. The quantitative estimate of drug-likeness (QED) is 0.0607. The molecule has 0 saturated heterocycles. The zero-order chi connectivity index (χ0) is 36.8. The number of nitrogens with one attached hydrogen (secondary N) is 1. The van der Waals surface area contributed by atoms with Crippen LogP contribution in [0.2, 0.25) is 0 Å². The second-order valence-corrected chi connectivity index (χ2v) is 12.6. The van der Waals surface area contributed by atoms with E-state index in [1.807, 2.05) is 0 Å². The number of esters is 2. The molecule has 2 rings (SSSR count). The van der Waals surface area contributed by atoms with Gasteiger partial charge in [-0.25, -0.2) is 4.79 Å². The SMILES string of the molecule is CCCCCCCCCCCCCCCCCC(=O)OCCOCCOCCOCCOC(=O)c1ccccc1Nc1cccc(C(F)(F)F)c1. The number of halogens is 3. The van der Waals surface area contributed by atoms with Gasteiger partial charge in [0.05, 0.1) is 56.5 Å². The first-order chi connectivity index (χ1) is 24.8. The van der Waals surface area contributed by atoms with Crippen LogP contribution in [0.1, 0.15) is 126 Å². The molecule has 0 spiro atoms. The third-order valence-electron chi connectivity index (χ3n) is 8.30. The van der Waals surface area contributed by atoms with Crippen molar-refractivity contribution in [2.75, 3.05) is 58.2 Å². The van der Waals surface area contributed by atoms with Crippen LogP contribution in [-0.2, 0) is 34.7 Å². The van der Waals surface area contributed by atoms with E-state index in [9.17, 15) is 22.8 Å². The van der Waals surface area contributed by atoms with Crippen molar-refractivity contribution in [1.82, 2.24) is 0 Å². The molecule has 0 saturated carbocycles. The molecule has 0 aliphatic rings. The summed E-state index contributed by atoms with van der Waals surface area (Å²) in [4.78, 5) is 24.5. The molecule has 0 atom stereocenters. The molecule has 0 bridgehead atoms. The topological polar surface area (TPSA) is 92.3 Å². The minimum Gasteiger partial charge on any atom is -0.463 e. The Morgan fingerprint density at radius 3 is 1.63 bits per heavy atom. The van der Waals surface area contributed by atoms with Gasteiger partial charge in [0, 0.05) is 12.1 Å². The first kappa shape index (κ1) is 44.0. The van der Waals surface area contributed by atoms with Crippen molar-refractivity contribution < 1.29 is 46.4 Å². The van der Waals surface area contributed by atoms with E-state index in [0.717, 1.165) is 25.0 Å². The lowest BCUT2D eigenvalue weighted by molar-refractivity contribution is -0.145. The van der Waals surface area contributed by atoms with Crippen LogP contribution in [0, 0.1) is 0 Å². The Kier molecular flexibility index (Phi) is 24.5. The average Bonchev–Trinajstić information content (AvgIpc) is 3.11. The highest BCUT2D eigenvalue weighted by Crippen LogP contribution is 2.32. The summed E-state index contributed by atoms with van der Waals surface area (Å²) in [6, 6.07) is 11.2. The Morgan fingerprint density at radius 1 is 0.588 bits per heavy atom. The summed E-state index contributed by atoms with van der Waals surface area (Å²) in [7, 11) is 0. The summed E-state index contributed by atoms with van der Waals surface area (Å²) in [6.07, 6.45) is 15.3. The number of rotatable bonds is 31. The molecule has 0 aromatic heterocycles. The monoisotopic (exact) mass is 723 g/mol. The van der Waals surface area contributed by atoms with E-state index in [-0.39, 0.29) is 37.0 Å². The molecule has 0 unspecified atom stereocenters. The van der Waals surface area contributed by atoms with Gasteiger partial charge in [0.2, 0.25) is 0 Å². The van der Waals surface area contributed by atoms with E-state index in [0.29, 0.717) is 45.1 Å². The Balaban J connectivity index is 1.36. The van der Waals surface area contributed by atoms with E-state index in [2.05, 4.69) is 12.2 Å². The lowest BCUT2D eigenvalue weighted by Gasteiger charge is -2.13. The lowest BCUT2D eigenvalue weighted by Crippen LogP contribution is -2.15. The molecule has 0 heterocycles. The van der Waals surface area contributed by atoms with E-state index in [1.54, 1.807) is 18.2 Å². The number of unbranched alkanes of at least 4 members (excludes halogenated alkanes) is 14. The molecule has 0 radical (unpaired) electrons. The molecule has 2 aromatic carbocycles. The van der Waals surface area contributed by atoms with Gasteiger partial charge in [-0.1, -0.05) is 115 Å². The van der Waals surface area contributed by atoms with E-state index >= 15 is 0 Å². The van der Waals surface area contributed by atoms with Crippen molar-refractivity contribution in [2.45, 2.75) is 116 Å². The minimum atomic E-state index is -4.47. The largest absolute Gasteiger partial charge is 0.463 e. The highest BCUT2D eigenvalue weighted by molar-refractivity contribution is 5.96. The van der Waals surface area contributed by atoms with E-state index < -0.39 is 17.7 Å². The normalized spacial score (nSPS) is 11.5. The molecule has 8 nitrogen and oxygen atoms in total. The van der Waals surface area contributed by atoms with Crippen LogP contribution < -0.4 is 5.32 Å². The second kappa shape index (κ2) is 28.4. The zero-order valence-electron chi connectivity index (χ0n) is 30.6. The van der Waals surface area contributed by atoms with Crippen LogP contribution in [0.3, 0.4) is 0 Å². The summed E-state index contributed by atoms with van der Waals surface area (Å²) in [6.45, 7) is 4.30. The molecule has 0 aliphatic carbocycles. The molecular weight excluding hydrogens is 663 g/mol. The summed E-state index contributed by atoms with van der Waals surface area (Å²) in [5.41, 5.74) is -0.0808. The summed E-state index contributed by atoms with van der Waals surface area (Å²) >= 11 is 0. The summed E-state index contributed by atoms with van der Waals surface area (Å²) in [5, 5.41) is 2.86. The Bertz CT molecular complexity index is 1190. The number of alkyl halides is 3. The van der Waals surface area contributed by atoms with Crippen LogP contribution in [0.25, 0.3) is 0 Å². The predicted octanol–water partition coefficient (Wildman–Crippen LogP) is 10.5. The number of benzene rings is 2. The van der Waals surface area contributed by atoms with E-state index in [4.69, 9.17) is 23.7 Å². The number of anilines is 2. The van der Waals surface area contributed by atoms with Crippen molar-refractivity contribution >= 4 is 23.3 Å². The van der Waals surface area contributed by atoms with Gasteiger partial charge in [0.1, 0.15) is 13.2 Å². The molecule has 0 aliphatic heterocycles. The highest BCUT2D eigenvalue weighted by atomic mass is 19.4. The minimum absolute atomic E-state index is 0.00199. The highest BCUT2D eigenvalue weighted by Gasteiger charge is 2.30. The molecule has 2 aromatic rings. The molecule has 288 valence electrons. The van der Waals surface area contributed by atoms with Crippen LogP contribution in [0.4, 0.5) is 24.5 Å². The number of carbonyl (C=O) groups is 2. The van der Waals surface area contributed by atoms with Crippen LogP contribution in [0.15, 0.2) is 48.5 Å². The van der Waals surface area contributed by atoms with Crippen LogP contribution in [0.5, 0.6) is 0 Å². The lowest BCUT2D eigenvalue weighted by atomic mass is 10.0. The van der Waals surface area contributed by atoms with Crippen molar-refractivity contribution in [3.8, 4) is 0 Å². The molecule has 11 heteroatoms. The smallest absolute Gasteiger partial charge is 0.416 e. The van der Waals surface area contributed by atoms with Crippen molar-refractivity contribution in [1.29, 1.82) is 0 Å². The van der Waals surface area contributed by atoms with Crippen LogP contribution in [-0.4, -0.2) is 64.8 Å².